The van der Waals surface area contributed by atoms with Crippen molar-refractivity contribution >= 4 is 6.16 Å². The second kappa shape index (κ2) is 8.35. The Bertz CT molecular complexity index is 746. The standard InChI is InChI=1S/C22H25FO3/c1-2-3-15-4-6-16(7-5-15)18-10-13-20(21(23)14-18)17-8-11-19(12-9-17)26-22(24)25/h8-16H,2-7H2,1H3,(H,24,25)/t15-,16-. The van der Waals surface area contributed by atoms with Crippen LogP contribution in [0.1, 0.15) is 56.9 Å². The fourth-order valence-corrected chi connectivity index (χ4v) is 4.02. The number of carbonyl (C=O) groups is 1. The highest BCUT2D eigenvalue weighted by molar-refractivity contribution is 5.67. The first-order valence-electron chi connectivity index (χ1n) is 9.37. The maximum atomic E-state index is 14.7. The van der Waals surface area contributed by atoms with E-state index in [0.29, 0.717) is 17.0 Å². The zero-order valence-corrected chi connectivity index (χ0v) is 15.1. The molecule has 0 radical (unpaired) electrons. The summed E-state index contributed by atoms with van der Waals surface area (Å²) in [5.41, 5.74) is 2.32. The highest BCUT2D eigenvalue weighted by atomic mass is 19.1. The molecule has 1 fully saturated rings. The summed E-state index contributed by atoms with van der Waals surface area (Å²) in [7, 11) is 0. The topological polar surface area (TPSA) is 46.5 Å². The summed E-state index contributed by atoms with van der Waals surface area (Å²) in [5, 5.41) is 8.62. The zero-order chi connectivity index (χ0) is 18.5. The van der Waals surface area contributed by atoms with E-state index in [4.69, 9.17) is 5.11 Å². The number of hydrogen-bond acceptors (Lipinski definition) is 2. The predicted molar refractivity (Wildman–Crippen MR) is 100 cm³/mol. The molecular weight excluding hydrogens is 331 g/mol. The molecule has 0 heterocycles. The van der Waals surface area contributed by atoms with E-state index in [1.807, 2.05) is 12.1 Å². The van der Waals surface area contributed by atoms with Gasteiger partial charge in [0.1, 0.15) is 11.6 Å². The van der Waals surface area contributed by atoms with Gasteiger partial charge >= 0.3 is 6.16 Å². The lowest BCUT2D eigenvalue weighted by Crippen LogP contribution is -2.13. The molecule has 2 aromatic carbocycles. The zero-order valence-electron chi connectivity index (χ0n) is 15.1. The molecule has 0 amide bonds. The molecule has 2 aromatic rings. The predicted octanol–water partition coefficient (Wildman–Crippen LogP) is 6.62. The van der Waals surface area contributed by atoms with Crippen LogP contribution in [0.2, 0.25) is 0 Å². The van der Waals surface area contributed by atoms with Gasteiger partial charge in [-0.2, -0.15) is 0 Å². The molecule has 0 atom stereocenters. The van der Waals surface area contributed by atoms with Crippen LogP contribution in [0.15, 0.2) is 42.5 Å². The van der Waals surface area contributed by atoms with Crippen LogP contribution in [0.4, 0.5) is 9.18 Å². The van der Waals surface area contributed by atoms with Crippen molar-refractivity contribution in [3.63, 3.8) is 0 Å². The van der Waals surface area contributed by atoms with E-state index in [0.717, 1.165) is 24.3 Å². The van der Waals surface area contributed by atoms with Crippen molar-refractivity contribution in [3.05, 3.63) is 53.8 Å². The van der Waals surface area contributed by atoms with E-state index < -0.39 is 6.16 Å². The molecule has 0 aromatic heterocycles. The van der Waals surface area contributed by atoms with Gasteiger partial charge in [-0.15, -0.1) is 0 Å². The highest BCUT2D eigenvalue weighted by Gasteiger charge is 2.22. The third kappa shape index (κ3) is 4.43. The van der Waals surface area contributed by atoms with Gasteiger partial charge in [0.15, 0.2) is 0 Å². The summed E-state index contributed by atoms with van der Waals surface area (Å²) in [5.74, 6) is 1.29. The largest absolute Gasteiger partial charge is 0.511 e. The van der Waals surface area contributed by atoms with Crippen LogP contribution in [0.3, 0.4) is 0 Å². The van der Waals surface area contributed by atoms with Crippen LogP contribution in [-0.2, 0) is 0 Å². The second-order valence-corrected chi connectivity index (χ2v) is 7.14. The molecular formula is C22H25FO3. The summed E-state index contributed by atoms with van der Waals surface area (Å²) >= 11 is 0. The molecule has 1 N–H and O–H groups in total. The maximum Gasteiger partial charge on any atom is 0.511 e. The van der Waals surface area contributed by atoms with Crippen molar-refractivity contribution in [2.45, 2.75) is 51.4 Å². The Labute approximate surface area is 153 Å². The van der Waals surface area contributed by atoms with Crippen molar-refractivity contribution < 1.29 is 19.0 Å². The Balaban J connectivity index is 1.71. The lowest BCUT2D eigenvalue weighted by atomic mass is 9.77. The number of hydrogen-bond donors (Lipinski definition) is 1. The minimum Gasteiger partial charge on any atom is -0.449 e. The molecule has 3 nitrogen and oxygen atoms in total. The number of rotatable bonds is 5. The first-order valence-corrected chi connectivity index (χ1v) is 9.37. The summed E-state index contributed by atoms with van der Waals surface area (Å²) in [6.07, 6.45) is 5.97. The SMILES string of the molecule is CCC[C@H]1CC[C@H](c2ccc(-c3ccc(OC(=O)O)cc3)c(F)c2)CC1. The Kier molecular flexibility index (Phi) is 5.92. The maximum absolute atomic E-state index is 14.7. The van der Waals surface area contributed by atoms with Crippen molar-refractivity contribution in [3.8, 4) is 16.9 Å². The Morgan fingerprint density at radius 1 is 1.12 bits per heavy atom. The minimum absolute atomic E-state index is 0.224. The molecule has 0 aliphatic heterocycles. The van der Waals surface area contributed by atoms with Crippen molar-refractivity contribution in [1.82, 2.24) is 0 Å². The monoisotopic (exact) mass is 356 g/mol. The first-order chi connectivity index (χ1) is 12.6. The van der Waals surface area contributed by atoms with E-state index in [-0.39, 0.29) is 11.6 Å². The Morgan fingerprint density at radius 3 is 2.38 bits per heavy atom. The van der Waals surface area contributed by atoms with Gasteiger partial charge in [-0.25, -0.2) is 9.18 Å². The van der Waals surface area contributed by atoms with Gasteiger partial charge in [-0.05, 0) is 66.8 Å². The number of ether oxygens (including phenoxy) is 1. The first kappa shape index (κ1) is 18.4. The second-order valence-electron chi connectivity index (χ2n) is 7.14. The molecule has 1 saturated carbocycles. The average Bonchev–Trinajstić information content (AvgIpc) is 2.63. The van der Waals surface area contributed by atoms with Gasteiger partial charge in [0, 0.05) is 5.56 Å². The summed E-state index contributed by atoms with van der Waals surface area (Å²) in [6, 6.07) is 11.9. The lowest BCUT2D eigenvalue weighted by molar-refractivity contribution is 0.144. The van der Waals surface area contributed by atoms with Crippen LogP contribution in [0.25, 0.3) is 11.1 Å². The quantitative estimate of drug-likeness (QED) is 0.483. The van der Waals surface area contributed by atoms with Gasteiger partial charge in [0.05, 0.1) is 0 Å². The van der Waals surface area contributed by atoms with Crippen molar-refractivity contribution in [2.24, 2.45) is 5.92 Å². The minimum atomic E-state index is -1.36. The van der Waals surface area contributed by atoms with E-state index in [1.165, 1.54) is 37.8 Å². The number of carboxylic acid groups (broad SMARTS) is 1. The third-order valence-corrected chi connectivity index (χ3v) is 5.38. The van der Waals surface area contributed by atoms with Crippen LogP contribution in [0.5, 0.6) is 5.75 Å². The molecule has 3 rings (SSSR count). The Morgan fingerprint density at radius 2 is 1.81 bits per heavy atom. The average molecular weight is 356 g/mol. The summed E-state index contributed by atoms with van der Waals surface area (Å²) in [6.45, 7) is 2.24. The molecule has 0 unspecified atom stereocenters. The van der Waals surface area contributed by atoms with Gasteiger partial charge in [-0.1, -0.05) is 44.0 Å². The van der Waals surface area contributed by atoms with Crippen molar-refractivity contribution in [1.29, 1.82) is 0 Å². The smallest absolute Gasteiger partial charge is 0.449 e. The van der Waals surface area contributed by atoms with Crippen LogP contribution in [0, 0.1) is 11.7 Å². The van der Waals surface area contributed by atoms with E-state index in [2.05, 4.69) is 11.7 Å². The highest BCUT2D eigenvalue weighted by Crippen LogP contribution is 2.38. The van der Waals surface area contributed by atoms with Gasteiger partial charge in [-0.3, -0.25) is 0 Å². The van der Waals surface area contributed by atoms with E-state index >= 15 is 0 Å². The fourth-order valence-electron chi connectivity index (χ4n) is 4.02. The molecule has 1 aliphatic rings. The lowest BCUT2D eigenvalue weighted by Gasteiger charge is -2.28. The summed E-state index contributed by atoms with van der Waals surface area (Å²) in [4.78, 5) is 10.5. The molecule has 26 heavy (non-hydrogen) atoms. The van der Waals surface area contributed by atoms with Gasteiger partial charge in [0.2, 0.25) is 0 Å². The van der Waals surface area contributed by atoms with E-state index in [9.17, 15) is 9.18 Å². The summed E-state index contributed by atoms with van der Waals surface area (Å²) < 4.78 is 19.3. The van der Waals surface area contributed by atoms with Gasteiger partial charge < -0.3 is 9.84 Å². The normalized spacial score (nSPS) is 19.9. The molecule has 138 valence electrons. The number of halogens is 1. The van der Waals surface area contributed by atoms with Crippen LogP contribution < -0.4 is 4.74 Å². The number of benzene rings is 2. The third-order valence-electron chi connectivity index (χ3n) is 5.38. The van der Waals surface area contributed by atoms with Crippen molar-refractivity contribution in [2.75, 3.05) is 0 Å². The molecule has 0 bridgehead atoms. The Hall–Kier alpha value is -2.36. The molecule has 0 spiro atoms. The molecule has 4 heteroatoms. The molecule has 0 saturated heterocycles. The van der Waals surface area contributed by atoms with E-state index in [1.54, 1.807) is 18.2 Å². The fraction of sp³-hybridized carbons (Fsp3) is 0.409. The van der Waals surface area contributed by atoms with Crippen LogP contribution >= 0.6 is 0 Å². The van der Waals surface area contributed by atoms with Gasteiger partial charge in [0.25, 0.3) is 0 Å². The molecule has 1 aliphatic carbocycles. The van der Waals surface area contributed by atoms with Crippen LogP contribution in [-0.4, -0.2) is 11.3 Å².